The lowest BCUT2D eigenvalue weighted by atomic mass is 10.1. The molecule has 0 aliphatic carbocycles. The fourth-order valence-electron chi connectivity index (χ4n) is 2.17. The highest BCUT2D eigenvalue weighted by Gasteiger charge is 2.28. The molecule has 1 aliphatic heterocycles. The smallest absolute Gasteiger partial charge is 0.339 e. The molecule has 1 aromatic rings. The Labute approximate surface area is 128 Å². The number of imide groups is 1. The summed E-state index contributed by atoms with van der Waals surface area (Å²) in [5.74, 6) is -1.33. The molecule has 1 aromatic carbocycles. The summed E-state index contributed by atoms with van der Waals surface area (Å²) in [7, 11) is 1.45. The van der Waals surface area contributed by atoms with Crippen molar-refractivity contribution in [1.82, 2.24) is 4.90 Å². The van der Waals surface area contributed by atoms with Gasteiger partial charge in [-0.25, -0.2) is 4.79 Å². The predicted octanol–water partition coefficient (Wildman–Crippen LogP) is 0.0881. The van der Waals surface area contributed by atoms with Crippen LogP contribution in [0.3, 0.4) is 0 Å². The quantitative estimate of drug-likeness (QED) is 0.626. The van der Waals surface area contributed by atoms with Gasteiger partial charge in [-0.05, 0) is 24.6 Å². The molecular weight excluding hydrogens is 288 g/mol. The molecule has 0 saturated carbocycles. The van der Waals surface area contributed by atoms with Crippen molar-refractivity contribution in [3.63, 3.8) is 0 Å². The number of aliphatic hydroxyl groups excluding tert-OH is 1. The second kappa shape index (κ2) is 6.57. The summed E-state index contributed by atoms with van der Waals surface area (Å²) >= 11 is 0. The van der Waals surface area contributed by atoms with Gasteiger partial charge in [0.1, 0.15) is 0 Å². The van der Waals surface area contributed by atoms with E-state index < -0.39 is 12.1 Å². The van der Waals surface area contributed by atoms with Gasteiger partial charge in [0.25, 0.3) is 0 Å². The molecule has 1 saturated heterocycles. The Kier molecular flexibility index (Phi) is 4.77. The van der Waals surface area contributed by atoms with Crippen LogP contribution in [0.5, 0.6) is 0 Å². The molecule has 1 aliphatic rings. The van der Waals surface area contributed by atoms with Gasteiger partial charge in [-0.2, -0.15) is 0 Å². The van der Waals surface area contributed by atoms with Gasteiger partial charge in [0.05, 0.1) is 19.7 Å². The van der Waals surface area contributed by atoms with E-state index in [2.05, 4.69) is 0 Å². The van der Waals surface area contributed by atoms with E-state index in [4.69, 9.17) is 4.74 Å². The average Bonchev–Trinajstić information content (AvgIpc) is 2.51. The number of carbonyl (C=O) groups excluding carboxylic acids is 3. The lowest BCUT2D eigenvalue weighted by Gasteiger charge is -2.32. The summed E-state index contributed by atoms with van der Waals surface area (Å²) in [5, 5.41) is 9.95. The maximum atomic E-state index is 11.7. The highest BCUT2D eigenvalue weighted by molar-refractivity contribution is 6.02. The van der Waals surface area contributed by atoms with E-state index in [9.17, 15) is 19.5 Å². The summed E-state index contributed by atoms with van der Waals surface area (Å²) in [5.41, 5.74) is 0.949. The van der Waals surface area contributed by atoms with Gasteiger partial charge >= 0.3 is 5.97 Å². The number of piperazine rings is 1. The summed E-state index contributed by atoms with van der Waals surface area (Å²) in [6, 6.07) is 6.53. The lowest BCUT2D eigenvalue weighted by molar-refractivity contribution is -0.153. The summed E-state index contributed by atoms with van der Waals surface area (Å²) in [6.07, 6.45) is -1.39. The van der Waals surface area contributed by atoms with E-state index in [0.29, 0.717) is 11.3 Å². The first kappa shape index (κ1) is 16.0. The number of benzene rings is 1. The van der Waals surface area contributed by atoms with Crippen LogP contribution in [0, 0.1) is 0 Å². The highest BCUT2D eigenvalue weighted by atomic mass is 16.5. The monoisotopic (exact) mass is 306 g/mol. The molecule has 2 amide bonds. The molecule has 0 aromatic heterocycles. The Bertz CT molecular complexity index is 583. The maximum Gasteiger partial charge on any atom is 0.339 e. The van der Waals surface area contributed by atoms with E-state index in [1.165, 1.54) is 7.05 Å². The molecule has 7 heteroatoms. The van der Waals surface area contributed by atoms with Crippen LogP contribution in [0.2, 0.25) is 0 Å². The largest absolute Gasteiger partial charge is 0.464 e. The van der Waals surface area contributed by atoms with Crippen LogP contribution in [-0.2, 0) is 19.1 Å². The fourth-order valence-corrected chi connectivity index (χ4v) is 2.17. The summed E-state index contributed by atoms with van der Waals surface area (Å²) in [6.45, 7) is 1.97. The third-order valence-electron chi connectivity index (χ3n) is 3.46. The number of aliphatic hydroxyl groups is 1. The van der Waals surface area contributed by atoms with E-state index in [1.807, 2.05) is 0 Å². The van der Waals surface area contributed by atoms with Crippen molar-refractivity contribution >= 4 is 23.5 Å². The minimum Gasteiger partial charge on any atom is -0.464 e. The van der Waals surface area contributed by atoms with Gasteiger partial charge < -0.3 is 14.7 Å². The zero-order valence-corrected chi connectivity index (χ0v) is 12.5. The van der Waals surface area contributed by atoms with Crippen LogP contribution in [0.15, 0.2) is 24.3 Å². The van der Waals surface area contributed by atoms with Crippen molar-refractivity contribution in [1.29, 1.82) is 0 Å². The van der Waals surface area contributed by atoms with Gasteiger partial charge in [0.2, 0.25) is 11.8 Å². The van der Waals surface area contributed by atoms with Crippen molar-refractivity contribution in [3.8, 4) is 0 Å². The first-order valence-corrected chi connectivity index (χ1v) is 6.93. The molecule has 0 radical (unpaired) electrons. The molecule has 1 unspecified atom stereocenters. The van der Waals surface area contributed by atoms with Gasteiger partial charge in [-0.15, -0.1) is 0 Å². The Morgan fingerprint density at radius 3 is 2.55 bits per heavy atom. The average molecular weight is 306 g/mol. The van der Waals surface area contributed by atoms with Crippen molar-refractivity contribution in [2.75, 3.05) is 31.6 Å². The Morgan fingerprint density at radius 1 is 1.32 bits per heavy atom. The van der Waals surface area contributed by atoms with Crippen LogP contribution in [-0.4, -0.2) is 54.5 Å². The standard InChI is InChI=1S/C15H18N2O5/c1-3-22-15(21)14(20)10-5-4-6-11(7-10)17-8-12(18)16(2)13(19)9-17/h4-7,14,20H,3,8-9H2,1-2H3. The van der Waals surface area contributed by atoms with E-state index >= 15 is 0 Å². The van der Waals surface area contributed by atoms with Crippen molar-refractivity contribution < 1.29 is 24.2 Å². The van der Waals surface area contributed by atoms with Gasteiger partial charge in [-0.3, -0.25) is 14.5 Å². The molecule has 1 N–H and O–H groups in total. The normalized spacial score (nSPS) is 16.7. The molecule has 22 heavy (non-hydrogen) atoms. The van der Waals surface area contributed by atoms with E-state index in [1.54, 1.807) is 36.1 Å². The molecule has 1 heterocycles. The van der Waals surface area contributed by atoms with Crippen LogP contribution >= 0.6 is 0 Å². The Morgan fingerprint density at radius 2 is 1.95 bits per heavy atom. The topological polar surface area (TPSA) is 87.2 Å². The lowest BCUT2D eigenvalue weighted by Crippen LogP contribution is -2.52. The third-order valence-corrected chi connectivity index (χ3v) is 3.46. The maximum absolute atomic E-state index is 11.7. The van der Waals surface area contributed by atoms with E-state index in [-0.39, 0.29) is 31.5 Å². The van der Waals surface area contributed by atoms with Crippen LogP contribution in [0.25, 0.3) is 0 Å². The van der Waals surface area contributed by atoms with Crippen molar-refractivity contribution in [2.45, 2.75) is 13.0 Å². The van der Waals surface area contributed by atoms with Crippen LogP contribution < -0.4 is 4.90 Å². The number of anilines is 1. The van der Waals surface area contributed by atoms with Gasteiger partial charge in [0, 0.05) is 12.7 Å². The highest BCUT2D eigenvalue weighted by Crippen LogP contribution is 2.23. The van der Waals surface area contributed by atoms with Crippen molar-refractivity contribution in [3.05, 3.63) is 29.8 Å². The molecule has 0 spiro atoms. The number of esters is 1. The second-order valence-corrected chi connectivity index (χ2v) is 4.95. The number of rotatable bonds is 4. The fraction of sp³-hybridized carbons (Fsp3) is 0.400. The SMILES string of the molecule is CCOC(=O)C(O)c1cccc(N2CC(=O)N(C)C(=O)C2)c1. The Balaban J connectivity index is 2.20. The summed E-state index contributed by atoms with van der Waals surface area (Å²) in [4.78, 5) is 37.8. The molecule has 1 fully saturated rings. The zero-order valence-electron chi connectivity index (χ0n) is 12.5. The third kappa shape index (κ3) is 3.25. The first-order valence-electron chi connectivity index (χ1n) is 6.93. The molecule has 0 bridgehead atoms. The number of likely N-dealkylation sites (N-methyl/N-ethyl adjacent to an activating group) is 1. The molecule has 7 nitrogen and oxygen atoms in total. The minimum atomic E-state index is -1.39. The minimum absolute atomic E-state index is 0.0706. The molecule has 1 atom stereocenters. The second-order valence-electron chi connectivity index (χ2n) is 4.95. The number of hydrogen-bond donors (Lipinski definition) is 1. The number of ether oxygens (including phenoxy) is 1. The van der Waals surface area contributed by atoms with Crippen LogP contribution in [0.1, 0.15) is 18.6 Å². The molecule has 2 rings (SSSR count). The van der Waals surface area contributed by atoms with Crippen molar-refractivity contribution in [2.24, 2.45) is 0 Å². The first-order chi connectivity index (χ1) is 10.4. The predicted molar refractivity (Wildman–Crippen MR) is 78.0 cm³/mol. The number of hydrogen-bond acceptors (Lipinski definition) is 6. The Hall–Kier alpha value is -2.41. The number of carbonyl (C=O) groups is 3. The summed E-state index contributed by atoms with van der Waals surface area (Å²) < 4.78 is 4.77. The molecular formula is C15H18N2O5. The van der Waals surface area contributed by atoms with Gasteiger partial charge in [0.15, 0.2) is 6.10 Å². The molecule has 118 valence electrons. The number of nitrogens with zero attached hydrogens (tertiary/aromatic N) is 2. The number of amides is 2. The van der Waals surface area contributed by atoms with E-state index in [0.717, 1.165) is 4.90 Å². The van der Waals surface area contributed by atoms with Gasteiger partial charge in [-0.1, -0.05) is 12.1 Å². The zero-order chi connectivity index (χ0) is 16.3. The van der Waals surface area contributed by atoms with Crippen LogP contribution in [0.4, 0.5) is 5.69 Å².